The fraction of sp³-hybridized carbons (Fsp3) is 0.333. The molecular formula is C21H21F3N4O3S. The van der Waals surface area contributed by atoms with Gasteiger partial charge in [-0.2, -0.15) is 5.10 Å². The number of nitrogens with zero attached hydrogens (tertiary/aromatic N) is 1. The second-order valence-corrected chi connectivity index (χ2v) is 9.59. The van der Waals surface area contributed by atoms with Crippen LogP contribution in [-0.4, -0.2) is 37.3 Å². The quantitative estimate of drug-likeness (QED) is 0.512. The molecule has 0 bridgehead atoms. The normalized spacial score (nSPS) is 14.8. The van der Waals surface area contributed by atoms with Crippen LogP contribution < -0.4 is 10.0 Å². The number of aromatic amines is 1. The first-order valence-electron chi connectivity index (χ1n) is 10.1. The molecular weight excluding hydrogens is 445 g/mol. The van der Waals surface area contributed by atoms with Gasteiger partial charge in [0, 0.05) is 18.0 Å². The average Bonchev–Trinajstić information content (AvgIpc) is 3.41. The van der Waals surface area contributed by atoms with Gasteiger partial charge >= 0.3 is 0 Å². The molecule has 0 unspecified atom stereocenters. The molecule has 0 atom stereocenters. The lowest BCUT2D eigenvalue weighted by Gasteiger charge is -2.15. The Morgan fingerprint density at radius 2 is 1.84 bits per heavy atom. The van der Waals surface area contributed by atoms with Crippen molar-refractivity contribution in [1.29, 1.82) is 0 Å². The van der Waals surface area contributed by atoms with Crippen LogP contribution in [0.25, 0.3) is 22.0 Å². The van der Waals surface area contributed by atoms with E-state index in [1.807, 2.05) is 0 Å². The number of nitrogens with one attached hydrogen (secondary N) is 3. The fourth-order valence-electron chi connectivity index (χ4n) is 4.11. The summed E-state index contributed by atoms with van der Waals surface area (Å²) in [5.41, 5.74) is -1.89. The number of carbonyl (C=O) groups is 1. The van der Waals surface area contributed by atoms with Crippen LogP contribution in [0.5, 0.6) is 0 Å². The summed E-state index contributed by atoms with van der Waals surface area (Å²) in [5, 5.41) is 8.64. The molecule has 11 heteroatoms. The molecule has 3 aromatic rings. The lowest BCUT2D eigenvalue weighted by Crippen LogP contribution is -2.22. The number of benzene rings is 2. The number of rotatable bonds is 6. The van der Waals surface area contributed by atoms with Gasteiger partial charge in [-0.1, -0.05) is 18.9 Å². The highest BCUT2D eigenvalue weighted by atomic mass is 32.2. The minimum absolute atomic E-state index is 0.00905. The number of carbonyl (C=O) groups excluding carboxylic acids is 1. The van der Waals surface area contributed by atoms with Gasteiger partial charge in [0.05, 0.1) is 17.0 Å². The zero-order valence-electron chi connectivity index (χ0n) is 17.1. The van der Waals surface area contributed by atoms with E-state index in [2.05, 4.69) is 20.2 Å². The van der Waals surface area contributed by atoms with E-state index in [0.717, 1.165) is 43.9 Å². The monoisotopic (exact) mass is 466 g/mol. The highest BCUT2D eigenvalue weighted by molar-refractivity contribution is 7.92. The molecule has 1 aliphatic rings. The summed E-state index contributed by atoms with van der Waals surface area (Å²) in [5.74, 6) is -4.04. The Morgan fingerprint density at radius 3 is 2.53 bits per heavy atom. The summed E-state index contributed by atoms with van der Waals surface area (Å²) < 4.78 is 72.1. The third kappa shape index (κ3) is 4.04. The Labute approximate surface area is 182 Å². The SMILES string of the molecule is CNC(=O)c1n[nH]c2c(F)c(-c3c(F)ccc(NS(=O)(=O)CC4CCCC4)c3F)ccc12. The maximum absolute atomic E-state index is 15.2. The van der Waals surface area contributed by atoms with Crippen molar-refractivity contribution in [3.8, 4) is 11.1 Å². The van der Waals surface area contributed by atoms with Gasteiger partial charge in [-0.25, -0.2) is 21.6 Å². The maximum atomic E-state index is 15.2. The number of H-pyrrole nitrogens is 1. The molecule has 3 N–H and O–H groups in total. The van der Waals surface area contributed by atoms with Crippen LogP contribution in [0.3, 0.4) is 0 Å². The number of hydrogen-bond acceptors (Lipinski definition) is 4. The van der Waals surface area contributed by atoms with E-state index in [1.165, 1.54) is 13.1 Å². The molecule has 32 heavy (non-hydrogen) atoms. The van der Waals surface area contributed by atoms with Crippen LogP contribution in [0.4, 0.5) is 18.9 Å². The Bertz CT molecular complexity index is 1300. The maximum Gasteiger partial charge on any atom is 0.272 e. The highest BCUT2D eigenvalue weighted by Gasteiger charge is 2.26. The van der Waals surface area contributed by atoms with E-state index >= 15 is 8.78 Å². The Morgan fingerprint density at radius 1 is 1.12 bits per heavy atom. The lowest BCUT2D eigenvalue weighted by atomic mass is 10.0. The predicted molar refractivity (Wildman–Crippen MR) is 114 cm³/mol. The van der Waals surface area contributed by atoms with E-state index in [-0.39, 0.29) is 28.3 Å². The zero-order chi connectivity index (χ0) is 23.0. The first-order valence-corrected chi connectivity index (χ1v) is 11.7. The largest absolute Gasteiger partial charge is 0.354 e. The molecule has 4 rings (SSSR count). The van der Waals surface area contributed by atoms with Crippen LogP contribution in [0, 0.1) is 23.4 Å². The van der Waals surface area contributed by atoms with Crippen molar-refractivity contribution in [3.05, 3.63) is 47.4 Å². The van der Waals surface area contributed by atoms with Crippen molar-refractivity contribution in [2.75, 3.05) is 17.5 Å². The Balaban J connectivity index is 1.73. The molecule has 1 fully saturated rings. The summed E-state index contributed by atoms with van der Waals surface area (Å²) in [7, 11) is -2.49. The highest BCUT2D eigenvalue weighted by Crippen LogP contribution is 2.36. The Hall–Kier alpha value is -3.08. The van der Waals surface area contributed by atoms with Crippen LogP contribution in [-0.2, 0) is 10.0 Å². The molecule has 2 aromatic carbocycles. The van der Waals surface area contributed by atoms with E-state index in [0.29, 0.717) is 0 Å². The van der Waals surface area contributed by atoms with Gasteiger partial charge < -0.3 is 5.32 Å². The third-order valence-corrected chi connectivity index (χ3v) is 7.12. The van der Waals surface area contributed by atoms with E-state index in [4.69, 9.17) is 0 Å². The van der Waals surface area contributed by atoms with Gasteiger partial charge in [0.1, 0.15) is 11.3 Å². The smallest absolute Gasteiger partial charge is 0.272 e. The van der Waals surface area contributed by atoms with Gasteiger partial charge in [-0.3, -0.25) is 14.6 Å². The minimum atomic E-state index is -3.87. The topological polar surface area (TPSA) is 104 Å². The van der Waals surface area contributed by atoms with Crippen molar-refractivity contribution in [2.24, 2.45) is 5.92 Å². The standard InChI is InChI=1S/C21H21F3N4O3S/c1-25-21(29)20-13-7-6-12(17(23)19(13)26-27-20)16-14(22)8-9-15(18(16)24)28-32(30,31)10-11-4-2-3-5-11/h6-9,11,28H,2-5,10H2,1H3,(H,25,29)(H,26,27). The second kappa shape index (κ2) is 8.45. The van der Waals surface area contributed by atoms with Crippen molar-refractivity contribution in [1.82, 2.24) is 15.5 Å². The molecule has 7 nitrogen and oxygen atoms in total. The summed E-state index contributed by atoms with van der Waals surface area (Å²) in [4.78, 5) is 11.9. The fourth-order valence-corrected chi connectivity index (χ4v) is 5.64. The van der Waals surface area contributed by atoms with E-state index < -0.39 is 50.2 Å². The molecule has 1 heterocycles. The molecule has 1 amide bonds. The number of fused-ring (bicyclic) bond motifs is 1. The van der Waals surface area contributed by atoms with Crippen molar-refractivity contribution in [2.45, 2.75) is 25.7 Å². The summed E-state index contributed by atoms with van der Waals surface area (Å²) in [6.45, 7) is 0. The molecule has 1 aromatic heterocycles. The number of sulfonamides is 1. The van der Waals surface area contributed by atoms with Gasteiger partial charge in [0.25, 0.3) is 5.91 Å². The molecule has 0 aliphatic heterocycles. The van der Waals surface area contributed by atoms with Crippen LogP contribution in [0.2, 0.25) is 0 Å². The van der Waals surface area contributed by atoms with E-state index in [9.17, 15) is 17.6 Å². The predicted octanol–water partition coefficient (Wildman–Crippen LogP) is 3.94. The molecule has 0 radical (unpaired) electrons. The number of hydrogen-bond donors (Lipinski definition) is 3. The van der Waals surface area contributed by atoms with Gasteiger partial charge in [0.15, 0.2) is 17.3 Å². The van der Waals surface area contributed by atoms with Gasteiger partial charge in [-0.15, -0.1) is 0 Å². The van der Waals surface area contributed by atoms with Crippen LogP contribution >= 0.6 is 0 Å². The summed E-state index contributed by atoms with van der Waals surface area (Å²) in [6.07, 6.45) is 3.47. The second-order valence-electron chi connectivity index (χ2n) is 7.82. The van der Waals surface area contributed by atoms with Gasteiger partial charge in [0.2, 0.25) is 10.0 Å². The molecule has 170 valence electrons. The van der Waals surface area contributed by atoms with Crippen molar-refractivity contribution < 1.29 is 26.4 Å². The number of aromatic nitrogens is 2. The molecule has 1 aliphatic carbocycles. The van der Waals surface area contributed by atoms with Crippen LogP contribution in [0.15, 0.2) is 24.3 Å². The molecule has 0 spiro atoms. The lowest BCUT2D eigenvalue weighted by molar-refractivity contribution is 0.0959. The number of halogens is 3. The first kappa shape index (κ1) is 22.1. The third-order valence-electron chi connectivity index (χ3n) is 5.67. The Kier molecular flexibility index (Phi) is 5.85. The summed E-state index contributed by atoms with van der Waals surface area (Å²) in [6, 6.07) is 4.28. The molecule has 0 saturated heterocycles. The average molecular weight is 466 g/mol. The van der Waals surface area contributed by atoms with Crippen molar-refractivity contribution >= 4 is 32.5 Å². The number of anilines is 1. The van der Waals surface area contributed by atoms with E-state index in [1.54, 1.807) is 0 Å². The zero-order valence-corrected chi connectivity index (χ0v) is 18.0. The van der Waals surface area contributed by atoms with Gasteiger partial charge in [-0.05, 0) is 37.0 Å². The van der Waals surface area contributed by atoms with Crippen molar-refractivity contribution in [3.63, 3.8) is 0 Å². The minimum Gasteiger partial charge on any atom is -0.354 e. The first-order chi connectivity index (χ1) is 15.2. The molecule has 1 saturated carbocycles. The summed E-state index contributed by atoms with van der Waals surface area (Å²) >= 11 is 0. The number of amides is 1. The van der Waals surface area contributed by atoms with Crippen LogP contribution in [0.1, 0.15) is 36.2 Å².